The van der Waals surface area contributed by atoms with Crippen LogP contribution < -0.4 is 5.32 Å². The highest BCUT2D eigenvalue weighted by atomic mass is 16.1. The molecule has 0 saturated heterocycles. The van der Waals surface area contributed by atoms with Gasteiger partial charge in [0, 0.05) is 24.4 Å². The second-order valence-corrected chi connectivity index (χ2v) is 5.99. The first-order chi connectivity index (χ1) is 11.3. The smallest absolute Gasteiger partial charge is 0.252 e. The van der Waals surface area contributed by atoms with Gasteiger partial charge in [0.1, 0.15) is 0 Å². The molecule has 6 nitrogen and oxygen atoms in total. The van der Waals surface area contributed by atoms with E-state index >= 15 is 0 Å². The average molecular weight is 307 g/mol. The first kappa shape index (κ1) is 13.9. The SMILES string of the molecule is O=C(Cc1nc2ncccn2n1)NCC1(c2ccccc2)CC1. The molecule has 0 radical (unpaired) electrons. The molecule has 1 aliphatic rings. The van der Waals surface area contributed by atoms with Gasteiger partial charge in [-0.2, -0.15) is 4.98 Å². The molecular weight excluding hydrogens is 290 g/mol. The van der Waals surface area contributed by atoms with Crippen LogP contribution in [-0.2, 0) is 16.6 Å². The Kier molecular flexibility index (Phi) is 3.29. The molecule has 2 heterocycles. The number of hydrogen-bond acceptors (Lipinski definition) is 4. The second-order valence-electron chi connectivity index (χ2n) is 5.99. The molecule has 4 rings (SSSR count). The Hall–Kier alpha value is -2.76. The Morgan fingerprint density at radius 2 is 2.04 bits per heavy atom. The number of hydrogen-bond donors (Lipinski definition) is 1. The van der Waals surface area contributed by atoms with Gasteiger partial charge in [-0.25, -0.2) is 9.50 Å². The number of rotatable bonds is 5. The summed E-state index contributed by atoms with van der Waals surface area (Å²) in [7, 11) is 0. The number of carbonyl (C=O) groups is 1. The molecule has 1 N–H and O–H groups in total. The number of amides is 1. The summed E-state index contributed by atoms with van der Waals surface area (Å²) in [5, 5.41) is 7.28. The fourth-order valence-electron chi connectivity index (χ4n) is 2.83. The molecular formula is C17H17N5O. The molecule has 0 atom stereocenters. The Labute approximate surface area is 133 Å². The van der Waals surface area contributed by atoms with E-state index in [1.807, 2.05) is 18.2 Å². The van der Waals surface area contributed by atoms with Crippen molar-refractivity contribution in [1.82, 2.24) is 24.9 Å². The maximum Gasteiger partial charge on any atom is 0.252 e. The summed E-state index contributed by atoms with van der Waals surface area (Å²) in [6, 6.07) is 12.2. The lowest BCUT2D eigenvalue weighted by molar-refractivity contribution is -0.120. The lowest BCUT2D eigenvalue weighted by Crippen LogP contribution is -2.33. The van der Waals surface area contributed by atoms with Gasteiger partial charge in [0.25, 0.3) is 5.78 Å². The molecule has 2 aromatic heterocycles. The van der Waals surface area contributed by atoms with Crippen LogP contribution in [0.5, 0.6) is 0 Å². The number of aromatic nitrogens is 4. The van der Waals surface area contributed by atoms with E-state index in [9.17, 15) is 4.79 Å². The maximum absolute atomic E-state index is 12.2. The largest absolute Gasteiger partial charge is 0.355 e. The van der Waals surface area contributed by atoms with E-state index in [1.54, 1.807) is 23.0 Å². The molecule has 0 aliphatic heterocycles. The lowest BCUT2D eigenvalue weighted by Gasteiger charge is -2.16. The van der Waals surface area contributed by atoms with Crippen molar-refractivity contribution in [2.24, 2.45) is 0 Å². The van der Waals surface area contributed by atoms with Crippen LogP contribution in [0.4, 0.5) is 0 Å². The number of fused-ring (bicyclic) bond motifs is 1. The van der Waals surface area contributed by atoms with Crippen LogP contribution in [0, 0.1) is 0 Å². The summed E-state index contributed by atoms with van der Waals surface area (Å²) in [6.45, 7) is 0.668. The third-order valence-corrected chi connectivity index (χ3v) is 4.34. The number of benzene rings is 1. The van der Waals surface area contributed by atoms with Crippen molar-refractivity contribution in [1.29, 1.82) is 0 Å². The van der Waals surface area contributed by atoms with Crippen LogP contribution in [0.1, 0.15) is 24.2 Å². The fourth-order valence-corrected chi connectivity index (χ4v) is 2.83. The third kappa shape index (κ3) is 2.79. The molecule has 1 aromatic carbocycles. The van der Waals surface area contributed by atoms with Crippen molar-refractivity contribution in [2.75, 3.05) is 6.54 Å². The molecule has 116 valence electrons. The van der Waals surface area contributed by atoms with Crippen LogP contribution in [0.3, 0.4) is 0 Å². The minimum absolute atomic E-state index is 0.0527. The second kappa shape index (κ2) is 5.46. The summed E-state index contributed by atoms with van der Waals surface area (Å²) in [6.07, 6.45) is 5.84. The maximum atomic E-state index is 12.2. The summed E-state index contributed by atoms with van der Waals surface area (Å²) < 4.78 is 1.58. The molecule has 1 aliphatic carbocycles. The molecule has 0 bridgehead atoms. The Morgan fingerprint density at radius 1 is 1.22 bits per heavy atom. The molecule has 6 heteroatoms. The van der Waals surface area contributed by atoms with Crippen LogP contribution in [0.15, 0.2) is 48.8 Å². The summed E-state index contributed by atoms with van der Waals surface area (Å²) in [5.74, 6) is 0.951. The third-order valence-electron chi connectivity index (χ3n) is 4.34. The van der Waals surface area contributed by atoms with E-state index in [0.29, 0.717) is 18.1 Å². The van der Waals surface area contributed by atoms with Gasteiger partial charge in [0.15, 0.2) is 5.82 Å². The molecule has 1 fully saturated rings. The van der Waals surface area contributed by atoms with Crippen LogP contribution >= 0.6 is 0 Å². The standard InChI is InChI=1S/C17H17N5O/c23-15(11-14-20-16-18-9-4-10-22(16)21-14)19-12-17(7-8-17)13-5-2-1-3-6-13/h1-6,9-10H,7-8,11-12H2,(H,19,23). The van der Waals surface area contributed by atoms with Gasteiger partial charge in [0.05, 0.1) is 6.42 Å². The van der Waals surface area contributed by atoms with Crippen molar-refractivity contribution in [2.45, 2.75) is 24.7 Å². The first-order valence-corrected chi connectivity index (χ1v) is 7.74. The van der Waals surface area contributed by atoms with Crippen LogP contribution in [0.2, 0.25) is 0 Å². The zero-order valence-corrected chi connectivity index (χ0v) is 12.6. The van der Waals surface area contributed by atoms with E-state index in [1.165, 1.54) is 5.56 Å². The first-order valence-electron chi connectivity index (χ1n) is 7.74. The predicted molar refractivity (Wildman–Crippen MR) is 84.8 cm³/mol. The highest BCUT2D eigenvalue weighted by Crippen LogP contribution is 2.47. The number of nitrogens with one attached hydrogen (secondary N) is 1. The zero-order valence-electron chi connectivity index (χ0n) is 12.6. The van der Waals surface area contributed by atoms with Crippen LogP contribution in [0.25, 0.3) is 5.78 Å². The lowest BCUT2D eigenvalue weighted by atomic mass is 9.96. The monoisotopic (exact) mass is 307 g/mol. The van der Waals surface area contributed by atoms with Crippen molar-refractivity contribution in [3.63, 3.8) is 0 Å². The van der Waals surface area contributed by atoms with Gasteiger partial charge in [0.2, 0.25) is 5.91 Å². The van der Waals surface area contributed by atoms with Gasteiger partial charge >= 0.3 is 0 Å². The Bertz CT molecular complexity index is 805. The zero-order chi connectivity index (χ0) is 15.7. The summed E-state index contributed by atoms with van der Waals surface area (Å²) in [4.78, 5) is 20.5. The van der Waals surface area contributed by atoms with Crippen molar-refractivity contribution >= 4 is 11.7 Å². The van der Waals surface area contributed by atoms with Crippen molar-refractivity contribution in [3.05, 3.63) is 60.2 Å². The van der Waals surface area contributed by atoms with E-state index in [4.69, 9.17) is 0 Å². The molecule has 3 aromatic rings. The Balaban J connectivity index is 1.39. The summed E-state index contributed by atoms with van der Waals surface area (Å²) in [5.41, 5.74) is 1.42. The average Bonchev–Trinajstić information content (AvgIpc) is 3.27. The van der Waals surface area contributed by atoms with Crippen molar-refractivity contribution in [3.8, 4) is 0 Å². The molecule has 1 saturated carbocycles. The minimum atomic E-state index is -0.0527. The van der Waals surface area contributed by atoms with Gasteiger partial charge in [-0.3, -0.25) is 4.79 Å². The quantitative estimate of drug-likeness (QED) is 0.775. The highest BCUT2D eigenvalue weighted by Gasteiger charge is 2.44. The van der Waals surface area contributed by atoms with Crippen molar-refractivity contribution < 1.29 is 4.79 Å². The van der Waals surface area contributed by atoms with Gasteiger partial charge in [-0.1, -0.05) is 30.3 Å². The highest BCUT2D eigenvalue weighted by molar-refractivity contribution is 5.78. The fraction of sp³-hybridized carbons (Fsp3) is 0.294. The number of nitrogens with zero attached hydrogens (tertiary/aromatic N) is 4. The summed E-state index contributed by atoms with van der Waals surface area (Å²) >= 11 is 0. The minimum Gasteiger partial charge on any atom is -0.355 e. The van der Waals surface area contributed by atoms with E-state index < -0.39 is 0 Å². The topological polar surface area (TPSA) is 72.2 Å². The molecule has 0 spiro atoms. The molecule has 23 heavy (non-hydrogen) atoms. The van der Waals surface area contributed by atoms with Gasteiger partial charge in [-0.15, -0.1) is 5.10 Å². The van der Waals surface area contributed by atoms with Crippen LogP contribution in [-0.4, -0.2) is 32.0 Å². The molecule has 1 amide bonds. The van der Waals surface area contributed by atoms with E-state index in [0.717, 1.165) is 12.8 Å². The van der Waals surface area contributed by atoms with E-state index in [2.05, 4.69) is 32.5 Å². The van der Waals surface area contributed by atoms with Gasteiger partial charge < -0.3 is 5.32 Å². The predicted octanol–water partition coefficient (Wildman–Crippen LogP) is 1.51. The number of carbonyl (C=O) groups excluding carboxylic acids is 1. The Morgan fingerprint density at radius 3 is 2.78 bits per heavy atom. The normalized spacial score (nSPS) is 15.5. The van der Waals surface area contributed by atoms with E-state index in [-0.39, 0.29) is 17.7 Å². The van der Waals surface area contributed by atoms with Gasteiger partial charge in [-0.05, 0) is 24.5 Å². The molecule has 0 unspecified atom stereocenters.